The first-order valence-corrected chi connectivity index (χ1v) is 5.75. The van der Waals surface area contributed by atoms with Gasteiger partial charge in [-0.1, -0.05) is 23.7 Å². The molecule has 0 spiro atoms. The Morgan fingerprint density at radius 1 is 1.31 bits per heavy atom. The molecule has 2 aromatic rings. The number of hydrogen-bond donors (Lipinski definition) is 2. The molecule has 1 aromatic heterocycles. The minimum atomic E-state index is 0.373. The molecule has 0 amide bonds. The van der Waals surface area contributed by atoms with Crippen LogP contribution in [0, 0.1) is 0 Å². The zero-order chi connectivity index (χ0) is 11.0. The van der Waals surface area contributed by atoms with Crippen LogP contribution in [0.1, 0.15) is 23.6 Å². The van der Waals surface area contributed by atoms with Crippen LogP contribution in [-0.2, 0) is 0 Å². The number of fused-ring (bicyclic) bond motifs is 1. The molecule has 2 heterocycles. The van der Waals surface area contributed by atoms with Gasteiger partial charge in [-0.3, -0.25) is 5.10 Å². The number of H-pyrrole nitrogens is 1. The van der Waals surface area contributed by atoms with Gasteiger partial charge in [-0.05, 0) is 24.1 Å². The summed E-state index contributed by atoms with van der Waals surface area (Å²) < 4.78 is 0. The molecule has 1 aromatic carbocycles. The van der Waals surface area contributed by atoms with E-state index in [1.807, 2.05) is 18.2 Å². The highest BCUT2D eigenvalue weighted by Crippen LogP contribution is 2.39. The largest absolute Gasteiger partial charge is 0.384 e. The summed E-state index contributed by atoms with van der Waals surface area (Å²) in [4.78, 5) is 0. The minimum absolute atomic E-state index is 0.373. The van der Waals surface area contributed by atoms with Crippen LogP contribution in [-0.4, -0.2) is 16.7 Å². The molecule has 82 valence electrons. The summed E-state index contributed by atoms with van der Waals surface area (Å²) in [5.41, 5.74) is 3.48. The average molecular weight is 234 g/mol. The molecule has 1 atom stereocenters. The van der Waals surface area contributed by atoms with Crippen molar-refractivity contribution in [3.05, 3.63) is 46.7 Å². The molecule has 2 N–H and O–H groups in total. The van der Waals surface area contributed by atoms with Gasteiger partial charge in [0.15, 0.2) is 0 Å². The van der Waals surface area contributed by atoms with E-state index in [9.17, 15) is 0 Å². The lowest BCUT2D eigenvalue weighted by atomic mass is 9.88. The standard InChI is InChI=1S/C12H12ClN3/c13-10-3-1-2-9-8(4-6-14-12(9)10)11-5-7-15-16-11/h1-3,5,7-8,14H,4,6H2,(H,15,16). The monoisotopic (exact) mass is 233 g/mol. The van der Waals surface area contributed by atoms with Crippen LogP contribution in [0.3, 0.4) is 0 Å². The van der Waals surface area contributed by atoms with Crippen molar-refractivity contribution in [2.75, 3.05) is 11.9 Å². The van der Waals surface area contributed by atoms with Crippen LogP contribution < -0.4 is 5.32 Å². The fraction of sp³-hybridized carbons (Fsp3) is 0.250. The second-order valence-electron chi connectivity index (χ2n) is 3.98. The van der Waals surface area contributed by atoms with Crippen molar-refractivity contribution < 1.29 is 0 Å². The first-order valence-electron chi connectivity index (χ1n) is 5.38. The Labute approximate surface area is 98.8 Å². The lowest BCUT2D eigenvalue weighted by molar-refractivity contribution is 0.696. The Hall–Kier alpha value is -1.48. The summed E-state index contributed by atoms with van der Waals surface area (Å²) >= 11 is 6.18. The maximum Gasteiger partial charge on any atom is 0.0640 e. The van der Waals surface area contributed by atoms with Gasteiger partial charge in [0.05, 0.1) is 10.7 Å². The number of halogens is 1. The highest BCUT2D eigenvalue weighted by atomic mass is 35.5. The van der Waals surface area contributed by atoms with Crippen LogP contribution in [0.2, 0.25) is 5.02 Å². The van der Waals surface area contributed by atoms with Crippen molar-refractivity contribution in [3.63, 3.8) is 0 Å². The Morgan fingerprint density at radius 2 is 2.25 bits per heavy atom. The Bertz CT molecular complexity index is 493. The first-order chi connectivity index (χ1) is 7.86. The van der Waals surface area contributed by atoms with E-state index in [0.29, 0.717) is 5.92 Å². The molecule has 0 fully saturated rings. The van der Waals surface area contributed by atoms with Crippen LogP contribution in [0.4, 0.5) is 5.69 Å². The summed E-state index contributed by atoms with van der Waals surface area (Å²) in [6, 6.07) is 8.07. The molecule has 1 unspecified atom stereocenters. The van der Waals surface area contributed by atoms with E-state index >= 15 is 0 Å². The van der Waals surface area contributed by atoms with Crippen molar-refractivity contribution >= 4 is 17.3 Å². The summed E-state index contributed by atoms with van der Waals surface area (Å²) in [6.07, 6.45) is 2.86. The number of aromatic amines is 1. The second-order valence-corrected chi connectivity index (χ2v) is 4.39. The van der Waals surface area contributed by atoms with E-state index in [1.165, 1.54) is 5.56 Å². The first kappa shape index (κ1) is 9.73. The predicted molar refractivity (Wildman–Crippen MR) is 65.0 cm³/mol. The van der Waals surface area contributed by atoms with Gasteiger partial charge >= 0.3 is 0 Å². The number of nitrogens with one attached hydrogen (secondary N) is 2. The topological polar surface area (TPSA) is 40.7 Å². The highest BCUT2D eigenvalue weighted by molar-refractivity contribution is 6.33. The van der Waals surface area contributed by atoms with Gasteiger partial charge in [-0.15, -0.1) is 0 Å². The molecular weight excluding hydrogens is 222 g/mol. The molecule has 0 radical (unpaired) electrons. The third kappa shape index (κ3) is 1.48. The van der Waals surface area contributed by atoms with Crippen molar-refractivity contribution in [3.8, 4) is 0 Å². The fourth-order valence-corrected chi connectivity index (χ4v) is 2.55. The molecule has 4 heteroatoms. The highest BCUT2D eigenvalue weighted by Gasteiger charge is 2.23. The number of rotatable bonds is 1. The second kappa shape index (κ2) is 3.83. The molecule has 0 bridgehead atoms. The molecule has 3 nitrogen and oxygen atoms in total. The normalized spacial score (nSPS) is 18.9. The fourth-order valence-electron chi connectivity index (χ4n) is 2.30. The smallest absolute Gasteiger partial charge is 0.0640 e. The number of para-hydroxylation sites is 1. The van der Waals surface area contributed by atoms with Gasteiger partial charge in [-0.25, -0.2) is 0 Å². The Morgan fingerprint density at radius 3 is 3.06 bits per heavy atom. The van der Waals surface area contributed by atoms with Crippen LogP contribution in [0.15, 0.2) is 30.5 Å². The third-order valence-electron chi connectivity index (χ3n) is 3.05. The van der Waals surface area contributed by atoms with Gasteiger partial charge in [0.25, 0.3) is 0 Å². The number of benzene rings is 1. The molecule has 0 saturated heterocycles. The summed E-state index contributed by atoms with van der Waals surface area (Å²) in [7, 11) is 0. The van der Waals surface area contributed by atoms with Crippen molar-refractivity contribution in [1.82, 2.24) is 10.2 Å². The van der Waals surface area contributed by atoms with Crippen molar-refractivity contribution in [2.24, 2.45) is 0 Å². The third-order valence-corrected chi connectivity index (χ3v) is 3.37. The lowest BCUT2D eigenvalue weighted by Gasteiger charge is -2.26. The van der Waals surface area contributed by atoms with Gasteiger partial charge in [-0.2, -0.15) is 5.10 Å². The van der Waals surface area contributed by atoms with E-state index in [2.05, 4.69) is 21.6 Å². The maximum absolute atomic E-state index is 6.18. The Kier molecular flexibility index (Phi) is 2.33. The maximum atomic E-state index is 6.18. The molecule has 0 aliphatic carbocycles. The molecule has 3 rings (SSSR count). The average Bonchev–Trinajstić information content (AvgIpc) is 2.82. The van der Waals surface area contributed by atoms with Crippen molar-refractivity contribution in [2.45, 2.75) is 12.3 Å². The number of aromatic nitrogens is 2. The number of hydrogen-bond acceptors (Lipinski definition) is 2. The van der Waals surface area contributed by atoms with E-state index in [1.54, 1.807) is 6.20 Å². The van der Waals surface area contributed by atoms with Crippen molar-refractivity contribution in [1.29, 1.82) is 0 Å². The van der Waals surface area contributed by atoms with Crippen LogP contribution in [0.5, 0.6) is 0 Å². The molecule has 16 heavy (non-hydrogen) atoms. The Balaban J connectivity index is 2.10. The van der Waals surface area contributed by atoms with Gasteiger partial charge in [0.2, 0.25) is 0 Å². The minimum Gasteiger partial charge on any atom is -0.384 e. The van der Waals surface area contributed by atoms with E-state index in [0.717, 1.165) is 29.4 Å². The zero-order valence-electron chi connectivity index (χ0n) is 8.70. The summed E-state index contributed by atoms with van der Waals surface area (Å²) in [5.74, 6) is 0.373. The quantitative estimate of drug-likeness (QED) is 0.795. The summed E-state index contributed by atoms with van der Waals surface area (Å²) in [6.45, 7) is 0.945. The molecule has 0 saturated carbocycles. The van der Waals surface area contributed by atoms with Gasteiger partial charge < -0.3 is 5.32 Å². The number of nitrogens with zero attached hydrogens (tertiary/aromatic N) is 1. The summed E-state index contributed by atoms with van der Waals surface area (Å²) in [5, 5.41) is 11.2. The predicted octanol–water partition coefficient (Wildman–Crippen LogP) is 3.01. The van der Waals surface area contributed by atoms with E-state index in [4.69, 9.17) is 11.6 Å². The van der Waals surface area contributed by atoms with Gasteiger partial charge in [0.1, 0.15) is 0 Å². The molecular formula is C12H12ClN3. The van der Waals surface area contributed by atoms with Crippen LogP contribution in [0.25, 0.3) is 0 Å². The molecule has 1 aliphatic rings. The SMILES string of the molecule is Clc1cccc2c1NCCC2c1ccn[nH]1. The van der Waals surface area contributed by atoms with E-state index < -0.39 is 0 Å². The zero-order valence-corrected chi connectivity index (χ0v) is 9.46. The van der Waals surface area contributed by atoms with E-state index in [-0.39, 0.29) is 0 Å². The lowest BCUT2D eigenvalue weighted by Crippen LogP contribution is -2.18. The molecule has 1 aliphatic heterocycles. The van der Waals surface area contributed by atoms with Crippen LogP contribution >= 0.6 is 11.6 Å². The number of anilines is 1. The van der Waals surface area contributed by atoms with Gasteiger partial charge in [0, 0.05) is 24.4 Å².